The molecule has 0 aliphatic carbocycles. The van der Waals surface area contributed by atoms with Gasteiger partial charge in [0, 0.05) is 5.56 Å². The molecule has 0 saturated carbocycles. The van der Waals surface area contributed by atoms with E-state index in [2.05, 4.69) is 24.4 Å². The van der Waals surface area contributed by atoms with Crippen LogP contribution in [0.1, 0.15) is 30.9 Å². The molecule has 0 fully saturated rings. The van der Waals surface area contributed by atoms with Gasteiger partial charge in [0.05, 0.1) is 13.3 Å². The third-order valence-electron chi connectivity index (χ3n) is 3.45. The molecule has 2 rings (SSSR count). The maximum atomic E-state index is 11.8. The van der Waals surface area contributed by atoms with Gasteiger partial charge in [0.15, 0.2) is 6.61 Å². The Morgan fingerprint density at radius 1 is 1.17 bits per heavy atom. The van der Waals surface area contributed by atoms with Gasteiger partial charge in [-0.15, -0.1) is 0 Å². The second-order valence-corrected chi connectivity index (χ2v) is 5.55. The number of rotatable bonds is 7. The van der Waals surface area contributed by atoms with Gasteiger partial charge in [0.1, 0.15) is 11.5 Å². The van der Waals surface area contributed by atoms with Crippen molar-refractivity contribution in [2.75, 3.05) is 13.7 Å². The largest absolute Gasteiger partial charge is 0.496 e. The molecule has 2 aromatic rings. The summed E-state index contributed by atoms with van der Waals surface area (Å²) in [6.07, 6.45) is 1.54. The Morgan fingerprint density at radius 2 is 1.88 bits per heavy atom. The molecule has 0 aliphatic rings. The summed E-state index contributed by atoms with van der Waals surface area (Å²) < 4.78 is 10.6. The van der Waals surface area contributed by atoms with Crippen molar-refractivity contribution >= 4 is 12.1 Å². The first-order chi connectivity index (χ1) is 11.6. The summed E-state index contributed by atoms with van der Waals surface area (Å²) >= 11 is 0. The van der Waals surface area contributed by atoms with Crippen LogP contribution in [0.15, 0.2) is 53.6 Å². The predicted octanol–water partition coefficient (Wildman–Crippen LogP) is 3.35. The number of methoxy groups -OCH3 is 1. The van der Waals surface area contributed by atoms with Crippen LogP contribution in [0.5, 0.6) is 11.5 Å². The van der Waals surface area contributed by atoms with E-state index < -0.39 is 0 Å². The second-order valence-electron chi connectivity index (χ2n) is 5.55. The number of carbonyl (C=O) groups excluding carboxylic acids is 1. The predicted molar refractivity (Wildman–Crippen MR) is 94.8 cm³/mol. The first-order valence-electron chi connectivity index (χ1n) is 7.78. The SMILES string of the molecule is COc1ccccc1C=NNC(=O)COc1ccc(C(C)C)cc1. The minimum absolute atomic E-state index is 0.0930. The molecule has 5 heteroatoms. The maximum absolute atomic E-state index is 11.8. The molecule has 0 radical (unpaired) electrons. The molecule has 126 valence electrons. The van der Waals surface area contributed by atoms with E-state index in [1.165, 1.54) is 11.8 Å². The van der Waals surface area contributed by atoms with E-state index in [-0.39, 0.29) is 12.5 Å². The highest BCUT2D eigenvalue weighted by Gasteiger charge is 2.03. The molecule has 2 aromatic carbocycles. The molecule has 24 heavy (non-hydrogen) atoms. The van der Waals surface area contributed by atoms with Crippen molar-refractivity contribution in [1.82, 2.24) is 5.43 Å². The van der Waals surface area contributed by atoms with Crippen molar-refractivity contribution in [1.29, 1.82) is 0 Å². The van der Waals surface area contributed by atoms with Gasteiger partial charge in [-0.25, -0.2) is 5.43 Å². The molecule has 0 heterocycles. The van der Waals surface area contributed by atoms with Crippen LogP contribution in [0.2, 0.25) is 0 Å². The smallest absolute Gasteiger partial charge is 0.277 e. The van der Waals surface area contributed by atoms with Gasteiger partial charge in [-0.05, 0) is 35.7 Å². The number of carbonyl (C=O) groups is 1. The fraction of sp³-hybridized carbons (Fsp3) is 0.263. The number of hydrazone groups is 1. The Labute approximate surface area is 142 Å². The second kappa shape index (κ2) is 8.72. The van der Waals surface area contributed by atoms with Crippen molar-refractivity contribution in [3.05, 3.63) is 59.7 Å². The van der Waals surface area contributed by atoms with E-state index in [0.717, 1.165) is 5.56 Å². The van der Waals surface area contributed by atoms with Crippen LogP contribution in [-0.2, 0) is 4.79 Å². The number of ether oxygens (including phenoxy) is 2. The number of nitrogens with zero attached hydrogens (tertiary/aromatic N) is 1. The van der Waals surface area contributed by atoms with E-state index in [1.54, 1.807) is 7.11 Å². The van der Waals surface area contributed by atoms with Crippen LogP contribution in [-0.4, -0.2) is 25.8 Å². The first kappa shape index (κ1) is 17.5. The summed E-state index contributed by atoms with van der Waals surface area (Å²) in [4.78, 5) is 11.8. The Kier molecular flexibility index (Phi) is 6.37. The molecule has 0 aromatic heterocycles. The Hall–Kier alpha value is -2.82. The van der Waals surface area contributed by atoms with E-state index >= 15 is 0 Å². The quantitative estimate of drug-likeness (QED) is 0.627. The average Bonchev–Trinajstić information content (AvgIpc) is 2.60. The van der Waals surface area contributed by atoms with E-state index in [9.17, 15) is 4.79 Å². The number of hydrogen-bond acceptors (Lipinski definition) is 4. The third-order valence-corrected chi connectivity index (χ3v) is 3.45. The molecule has 0 spiro atoms. The number of benzene rings is 2. The van der Waals surface area contributed by atoms with Crippen molar-refractivity contribution in [2.45, 2.75) is 19.8 Å². The number of nitrogens with one attached hydrogen (secondary N) is 1. The zero-order valence-electron chi connectivity index (χ0n) is 14.2. The first-order valence-corrected chi connectivity index (χ1v) is 7.78. The molecule has 0 unspecified atom stereocenters. The lowest BCUT2D eigenvalue weighted by Gasteiger charge is -2.08. The highest BCUT2D eigenvalue weighted by molar-refractivity contribution is 5.85. The topological polar surface area (TPSA) is 59.9 Å². The number of hydrogen-bond donors (Lipinski definition) is 1. The zero-order valence-corrected chi connectivity index (χ0v) is 14.2. The van der Waals surface area contributed by atoms with Crippen molar-refractivity contribution in [3.63, 3.8) is 0 Å². The lowest BCUT2D eigenvalue weighted by molar-refractivity contribution is -0.123. The number of para-hydroxylation sites is 1. The maximum Gasteiger partial charge on any atom is 0.277 e. The van der Waals surface area contributed by atoms with E-state index in [4.69, 9.17) is 9.47 Å². The lowest BCUT2D eigenvalue weighted by atomic mass is 10.0. The molecule has 1 amide bonds. The summed E-state index contributed by atoms with van der Waals surface area (Å²) in [5, 5.41) is 3.92. The highest BCUT2D eigenvalue weighted by atomic mass is 16.5. The fourth-order valence-electron chi connectivity index (χ4n) is 2.08. The van der Waals surface area contributed by atoms with Crippen LogP contribution in [0.4, 0.5) is 0 Å². The summed E-state index contributed by atoms with van der Waals surface area (Å²) in [5.41, 5.74) is 4.44. The summed E-state index contributed by atoms with van der Waals surface area (Å²) in [7, 11) is 1.59. The molecule has 0 atom stereocenters. The van der Waals surface area contributed by atoms with Crippen molar-refractivity contribution in [2.24, 2.45) is 5.10 Å². The molecule has 0 aliphatic heterocycles. The molecule has 5 nitrogen and oxygen atoms in total. The van der Waals surface area contributed by atoms with Gasteiger partial charge in [-0.2, -0.15) is 5.10 Å². The van der Waals surface area contributed by atoms with Gasteiger partial charge in [-0.3, -0.25) is 4.79 Å². The van der Waals surface area contributed by atoms with Crippen LogP contribution in [0.3, 0.4) is 0 Å². The Balaban J connectivity index is 1.82. The van der Waals surface area contributed by atoms with Crippen LogP contribution >= 0.6 is 0 Å². The third kappa shape index (κ3) is 5.12. The molecule has 0 saturated heterocycles. The Morgan fingerprint density at radius 3 is 2.54 bits per heavy atom. The average molecular weight is 326 g/mol. The van der Waals surface area contributed by atoms with Gasteiger partial charge < -0.3 is 9.47 Å². The fourth-order valence-corrected chi connectivity index (χ4v) is 2.08. The van der Waals surface area contributed by atoms with Crippen molar-refractivity contribution in [3.8, 4) is 11.5 Å². The normalized spacial score (nSPS) is 10.8. The van der Waals surface area contributed by atoms with Gasteiger partial charge in [0.2, 0.25) is 0 Å². The van der Waals surface area contributed by atoms with Gasteiger partial charge in [0.25, 0.3) is 5.91 Å². The molecular formula is C19H22N2O3. The van der Waals surface area contributed by atoms with E-state index in [1.807, 2.05) is 48.5 Å². The molecule has 0 bridgehead atoms. The minimum atomic E-state index is -0.325. The summed E-state index contributed by atoms with van der Waals surface area (Å²) in [6, 6.07) is 15.1. The van der Waals surface area contributed by atoms with Gasteiger partial charge in [-0.1, -0.05) is 38.1 Å². The van der Waals surface area contributed by atoms with Crippen LogP contribution in [0, 0.1) is 0 Å². The van der Waals surface area contributed by atoms with Crippen molar-refractivity contribution < 1.29 is 14.3 Å². The highest BCUT2D eigenvalue weighted by Crippen LogP contribution is 2.18. The summed E-state index contributed by atoms with van der Waals surface area (Å²) in [6.45, 7) is 4.16. The molecule has 1 N–H and O–H groups in total. The Bertz CT molecular complexity index is 694. The monoisotopic (exact) mass is 326 g/mol. The van der Waals surface area contributed by atoms with Crippen LogP contribution in [0.25, 0.3) is 0 Å². The standard InChI is InChI=1S/C19H22N2O3/c1-14(2)15-8-10-17(11-9-15)24-13-19(22)21-20-12-16-6-4-5-7-18(16)23-3/h4-12,14H,13H2,1-3H3,(H,21,22). The zero-order chi connectivity index (χ0) is 17.4. The lowest BCUT2D eigenvalue weighted by Crippen LogP contribution is -2.24. The number of amides is 1. The van der Waals surface area contributed by atoms with Gasteiger partial charge >= 0.3 is 0 Å². The molecular weight excluding hydrogens is 304 g/mol. The van der Waals surface area contributed by atoms with Crippen LogP contribution < -0.4 is 14.9 Å². The van der Waals surface area contributed by atoms with E-state index in [0.29, 0.717) is 17.4 Å². The minimum Gasteiger partial charge on any atom is -0.496 e. The summed E-state index contributed by atoms with van der Waals surface area (Å²) in [5.74, 6) is 1.49.